The van der Waals surface area contributed by atoms with Crippen molar-refractivity contribution < 1.29 is 22.7 Å². The van der Waals surface area contributed by atoms with Crippen LogP contribution in [0.4, 0.5) is 13.2 Å². The quantitative estimate of drug-likeness (QED) is 0.594. The molecule has 0 aliphatic carbocycles. The molecule has 0 aliphatic heterocycles. The molecule has 10 heteroatoms. The summed E-state index contributed by atoms with van der Waals surface area (Å²) in [5.74, 6) is -0.717. The predicted molar refractivity (Wildman–Crippen MR) is 103 cm³/mol. The number of rotatable bonds is 7. The second-order valence-corrected chi connectivity index (χ2v) is 6.49. The van der Waals surface area contributed by atoms with Crippen LogP contribution in [0.15, 0.2) is 47.4 Å². The molecule has 1 N–H and O–H groups in total. The zero-order valence-electron chi connectivity index (χ0n) is 16.1. The number of aromatic nitrogens is 3. The number of halogens is 3. The Kier molecular flexibility index (Phi) is 6.46. The summed E-state index contributed by atoms with van der Waals surface area (Å²) in [6.45, 7) is 0.674. The number of hydrogen-bond acceptors (Lipinski definition) is 5. The highest BCUT2D eigenvalue weighted by atomic mass is 19.4. The lowest BCUT2D eigenvalue weighted by atomic mass is 10.1. The number of nitrogens with one attached hydrogen (secondary N) is 1. The van der Waals surface area contributed by atoms with Gasteiger partial charge in [0.05, 0.1) is 5.56 Å². The molecule has 2 aromatic heterocycles. The number of methoxy groups -OCH3 is 1. The van der Waals surface area contributed by atoms with E-state index in [-0.39, 0.29) is 12.2 Å². The number of pyridine rings is 1. The summed E-state index contributed by atoms with van der Waals surface area (Å²) in [6.07, 6.45) is -2.36. The number of carbonyl (C=O) groups excluding carboxylic acids is 1. The van der Waals surface area contributed by atoms with Crippen LogP contribution in [0.5, 0.6) is 0 Å². The highest BCUT2D eigenvalue weighted by Crippen LogP contribution is 2.29. The van der Waals surface area contributed by atoms with Crippen LogP contribution in [0.2, 0.25) is 0 Å². The summed E-state index contributed by atoms with van der Waals surface area (Å²) in [6, 6.07) is 7.69. The molecule has 3 aromatic rings. The molecule has 0 unspecified atom stereocenters. The molecule has 0 atom stereocenters. The van der Waals surface area contributed by atoms with Crippen molar-refractivity contribution in [2.24, 2.45) is 0 Å². The van der Waals surface area contributed by atoms with E-state index < -0.39 is 23.2 Å². The Balaban J connectivity index is 1.82. The van der Waals surface area contributed by atoms with Crippen molar-refractivity contribution in [1.29, 1.82) is 0 Å². The Labute approximate surface area is 169 Å². The number of nitrogens with zero attached hydrogens (tertiary/aromatic N) is 3. The molecule has 7 nitrogen and oxygen atoms in total. The maximum absolute atomic E-state index is 12.8. The average Bonchev–Trinajstić information content (AvgIpc) is 2.73. The summed E-state index contributed by atoms with van der Waals surface area (Å²) in [5, 5.41) is 2.53. The Morgan fingerprint density at radius 2 is 1.93 bits per heavy atom. The van der Waals surface area contributed by atoms with Gasteiger partial charge in [-0.05, 0) is 36.2 Å². The van der Waals surface area contributed by atoms with Crippen LogP contribution in [0, 0.1) is 0 Å². The number of carbonyl (C=O) groups is 1. The second kappa shape index (κ2) is 9.04. The molecule has 30 heavy (non-hydrogen) atoms. The molecular weight excluding hydrogens is 401 g/mol. The molecule has 0 aliphatic rings. The fraction of sp³-hybridized carbons (Fsp3) is 0.300. The third-order valence-electron chi connectivity index (χ3n) is 4.38. The van der Waals surface area contributed by atoms with Gasteiger partial charge in [0.15, 0.2) is 11.3 Å². The van der Waals surface area contributed by atoms with Crippen LogP contribution in [-0.4, -0.2) is 34.2 Å². The number of fused-ring (bicyclic) bond motifs is 1. The van der Waals surface area contributed by atoms with Gasteiger partial charge >= 0.3 is 6.18 Å². The first-order chi connectivity index (χ1) is 14.3. The lowest BCUT2D eigenvalue weighted by molar-refractivity contribution is -0.137. The minimum Gasteiger partial charge on any atom is -0.385 e. The van der Waals surface area contributed by atoms with Crippen molar-refractivity contribution in [2.45, 2.75) is 25.7 Å². The van der Waals surface area contributed by atoms with Gasteiger partial charge in [0.2, 0.25) is 0 Å². The average molecular weight is 420 g/mol. The van der Waals surface area contributed by atoms with E-state index in [0.29, 0.717) is 36.3 Å². The van der Waals surface area contributed by atoms with E-state index in [1.54, 1.807) is 19.2 Å². The fourth-order valence-electron chi connectivity index (χ4n) is 2.88. The van der Waals surface area contributed by atoms with Gasteiger partial charge < -0.3 is 10.1 Å². The highest BCUT2D eigenvalue weighted by Gasteiger charge is 2.30. The van der Waals surface area contributed by atoms with Crippen molar-refractivity contribution in [1.82, 2.24) is 19.9 Å². The van der Waals surface area contributed by atoms with Crippen molar-refractivity contribution in [2.75, 3.05) is 13.7 Å². The van der Waals surface area contributed by atoms with Crippen molar-refractivity contribution in [3.63, 3.8) is 0 Å². The molecular formula is C20H19F3N4O3. The van der Waals surface area contributed by atoms with E-state index in [2.05, 4.69) is 15.3 Å². The molecule has 1 amide bonds. The first-order valence-corrected chi connectivity index (χ1v) is 9.10. The molecule has 0 saturated heterocycles. The maximum Gasteiger partial charge on any atom is 0.416 e. The zero-order chi connectivity index (χ0) is 21.7. The molecule has 0 spiro atoms. The van der Waals surface area contributed by atoms with E-state index in [9.17, 15) is 22.8 Å². The SMILES string of the molecule is COCCCn1c(=O)c(C(=O)NCc2ccc(C(F)(F)F)cc2)nc2cccnc21. The number of hydrogen-bond donors (Lipinski definition) is 1. The molecule has 0 fully saturated rings. The Bertz CT molecular complexity index is 1100. The van der Waals surface area contributed by atoms with Gasteiger partial charge in [0, 0.05) is 33.0 Å². The molecule has 2 heterocycles. The third kappa shape index (κ3) is 4.82. The Morgan fingerprint density at radius 1 is 1.20 bits per heavy atom. The lowest BCUT2D eigenvalue weighted by Gasteiger charge is -2.12. The van der Waals surface area contributed by atoms with Crippen LogP contribution in [-0.2, 0) is 24.0 Å². The summed E-state index contributed by atoms with van der Waals surface area (Å²) in [5.41, 5.74) is -0.478. The van der Waals surface area contributed by atoms with Crippen molar-refractivity contribution >= 4 is 17.1 Å². The number of ether oxygens (including phenoxy) is 1. The molecule has 0 saturated carbocycles. The smallest absolute Gasteiger partial charge is 0.385 e. The minimum atomic E-state index is -4.43. The fourth-order valence-corrected chi connectivity index (χ4v) is 2.88. The van der Waals surface area contributed by atoms with E-state index in [0.717, 1.165) is 12.1 Å². The highest BCUT2D eigenvalue weighted by molar-refractivity contribution is 5.93. The van der Waals surface area contributed by atoms with Crippen LogP contribution < -0.4 is 10.9 Å². The minimum absolute atomic E-state index is 0.0488. The van der Waals surface area contributed by atoms with E-state index in [1.807, 2.05) is 0 Å². The van der Waals surface area contributed by atoms with Gasteiger partial charge in [-0.25, -0.2) is 9.97 Å². The third-order valence-corrected chi connectivity index (χ3v) is 4.38. The maximum atomic E-state index is 12.8. The van der Waals surface area contributed by atoms with Gasteiger partial charge in [0.25, 0.3) is 11.5 Å². The van der Waals surface area contributed by atoms with Crippen molar-refractivity contribution in [3.8, 4) is 0 Å². The normalized spacial score (nSPS) is 11.6. The first-order valence-electron chi connectivity index (χ1n) is 9.10. The van der Waals surface area contributed by atoms with Crippen molar-refractivity contribution in [3.05, 3.63) is 69.8 Å². The standard InChI is InChI=1S/C20H19F3N4O3/c1-30-11-3-10-27-17-15(4-2-9-24-17)26-16(19(27)29)18(28)25-12-13-5-7-14(8-6-13)20(21,22)23/h2,4-9H,3,10-12H2,1H3,(H,25,28). The summed E-state index contributed by atoms with van der Waals surface area (Å²) >= 11 is 0. The molecule has 3 rings (SSSR count). The summed E-state index contributed by atoms with van der Waals surface area (Å²) in [7, 11) is 1.55. The van der Waals surface area contributed by atoms with Gasteiger partial charge in [-0.2, -0.15) is 13.2 Å². The Hall–Kier alpha value is -3.27. The molecule has 0 bridgehead atoms. The van der Waals surface area contributed by atoms with E-state index >= 15 is 0 Å². The number of benzene rings is 1. The molecule has 1 aromatic carbocycles. The van der Waals surface area contributed by atoms with Crippen LogP contribution in [0.25, 0.3) is 11.2 Å². The topological polar surface area (TPSA) is 86.1 Å². The van der Waals surface area contributed by atoms with E-state index in [4.69, 9.17) is 4.74 Å². The number of amides is 1. The number of aryl methyl sites for hydroxylation is 1. The zero-order valence-corrected chi connectivity index (χ0v) is 16.1. The summed E-state index contributed by atoms with van der Waals surface area (Å²) in [4.78, 5) is 33.7. The van der Waals surface area contributed by atoms with Gasteiger partial charge in [-0.15, -0.1) is 0 Å². The molecule has 0 radical (unpaired) electrons. The number of alkyl halides is 3. The summed E-state index contributed by atoms with van der Waals surface area (Å²) < 4.78 is 44.3. The second-order valence-electron chi connectivity index (χ2n) is 6.49. The van der Waals surface area contributed by atoms with Gasteiger partial charge in [0.1, 0.15) is 5.52 Å². The Morgan fingerprint density at radius 3 is 2.60 bits per heavy atom. The van der Waals surface area contributed by atoms with Crippen LogP contribution in [0.3, 0.4) is 0 Å². The predicted octanol–water partition coefficient (Wildman–Crippen LogP) is 2.78. The monoisotopic (exact) mass is 420 g/mol. The van der Waals surface area contributed by atoms with Crippen LogP contribution in [0.1, 0.15) is 28.0 Å². The van der Waals surface area contributed by atoms with E-state index in [1.165, 1.54) is 22.9 Å². The van der Waals surface area contributed by atoms with Gasteiger partial charge in [-0.1, -0.05) is 12.1 Å². The first kappa shape index (κ1) is 21.4. The molecule has 158 valence electrons. The lowest BCUT2D eigenvalue weighted by Crippen LogP contribution is -2.35. The van der Waals surface area contributed by atoms with Crippen LogP contribution >= 0.6 is 0 Å². The van der Waals surface area contributed by atoms with Gasteiger partial charge in [-0.3, -0.25) is 14.2 Å². The largest absolute Gasteiger partial charge is 0.416 e.